The third-order valence-electron chi connectivity index (χ3n) is 4.40. The first-order valence-corrected chi connectivity index (χ1v) is 8.14. The minimum atomic E-state index is 0.350. The highest BCUT2D eigenvalue weighted by atomic mass is 16.3. The molecule has 0 radical (unpaired) electrons. The van der Waals surface area contributed by atoms with Gasteiger partial charge in [0, 0.05) is 6.42 Å². The third kappa shape index (κ3) is 2.89. The fourth-order valence-corrected chi connectivity index (χ4v) is 3.09. The summed E-state index contributed by atoms with van der Waals surface area (Å²) < 4.78 is 0. The number of hydrogen-bond donors (Lipinski definition) is 1. The molecule has 116 valence electrons. The standard InChI is InChI=1S/C23H18O/c24-23-13-12-21(16-22(23)14-17-6-2-1-3-7-17)20-11-10-18-8-4-5-9-19(18)15-20/h1-13,15-16,24H,14H2. The van der Waals surface area contributed by atoms with Crippen LogP contribution in [0.25, 0.3) is 21.9 Å². The highest BCUT2D eigenvalue weighted by molar-refractivity contribution is 5.87. The van der Waals surface area contributed by atoms with Gasteiger partial charge in [-0.25, -0.2) is 0 Å². The molecular formula is C23H18O. The van der Waals surface area contributed by atoms with Crippen LogP contribution in [0, 0.1) is 0 Å². The van der Waals surface area contributed by atoms with Gasteiger partial charge in [0.05, 0.1) is 0 Å². The summed E-state index contributed by atoms with van der Waals surface area (Å²) in [6.45, 7) is 0. The van der Waals surface area contributed by atoms with Crippen LogP contribution in [0.2, 0.25) is 0 Å². The van der Waals surface area contributed by atoms with Gasteiger partial charge in [-0.1, -0.05) is 72.8 Å². The number of rotatable bonds is 3. The topological polar surface area (TPSA) is 20.2 Å². The number of aromatic hydroxyl groups is 1. The molecule has 0 saturated carbocycles. The van der Waals surface area contributed by atoms with Crippen LogP contribution in [-0.2, 0) is 6.42 Å². The van der Waals surface area contributed by atoms with Crippen molar-refractivity contribution >= 4 is 10.8 Å². The van der Waals surface area contributed by atoms with E-state index in [1.54, 1.807) is 6.07 Å². The molecule has 0 atom stereocenters. The SMILES string of the molecule is Oc1ccc(-c2ccc3ccccc3c2)cc1Cc1ccccc1. The Morgan fingerprint density at radius 1 is 0.583 bits per heavy atom. The van der Waals surface area contributed by atoms with E-state index in [0.29, 0.717) is 5.75 Å². The van der Waals surface area contributed by atoms with Crippen LogP contribution in [-0.4, -0.2) is 5.11 Å². The zero-order chi connectivity index (χ0) is 16.4. The molecule has 0 bridgehead atoms. The first-order chi connectivity index (χ1) is 11.8. The van der Waals surface area contributed by atoms with Crippen molar-refractivity contribution < 1.29 is 5.11 Å². The Kier molecular flexibility index (Phi) is 3.76. The van der Waals surface area contributed by atoms with Crippen molar-refractivity contribution in [2.24, 2.45) is 0 Å². The average Bonchev–Trinajstić information content (AvgIpc) is 2.64. The van der Waals surface area contributed by atoms with Crippen molar-refractivity contribution in [3.63, 3.8) is 0 Å². The summed E-state index contributed by atoms with van der Waals surface area (Å²) in [5.41, 5.74) is 4.45. The van der Waals surface area contributed by atoms with Gasteiger partial charge < -0.3 is 5.11 Å². The van der Waals surface area contributed by atoms with Crippen molar-refractivity contribution in [1.82, 2.24) is 0 Å². The molecule has 1 heteroatoms. The summed E-state index contributed by atoms with van der Waals surface area (Å²) in [5.74, 6) is 0.350. The van der Waals surface area contributed by atoms with Crippen molar-refractivity contribution in [3.8, 4) is 16.9 Å². The second-order valence-electron chi connectivity index (χ2n) is 6.07. The first-order valence-electron chi connectivity index (χ1n) is 8.14. The summed E-state index contributed by atoms with van der Waals surface area (Å²) >= 11 is 0. The smallest absolute Gasteiger partial charge is 0.119 e. The Morgan fingerprint density at radius 3 is 2.08 bits per heavy atom. The third-order valence-corrected chi connectivity index (χ3v) is 4.40. The Balaban J connectivity index is 1.73. The Hall–Kier alpha value is -3.06. The summed E-state index contributed by atoms with van der Waals surface area (Å²) in [6.07, 6.45) is 0.730. The van der Waals surface area contributed by atoms with Crippen molar-refractivity contribution in [3.05, 3.63) is 102 Å². The first kappa shape index (κ1) is 14.5. The zero-order valence-corrected chi connectivity index (χ0v) is 13.3. The van der Waals surface area contributed by atoms with E-state index in [-0.39, 0.29) is 0 Å². The van der Waals surface area contributed by atoms with Crippen LogP contribution < -0.4 is 0 Å². The molecule has 0 heterocycles. The van der Waals surface area contributed by atoms with Crippen molar-refractivity contribution in [2.75, 3.05) is 0 Å². The maximum Gasteiger partial charge on any atom is 0.119 e. The van der Waals surface area contributed by atoms with E-state index in [2.05, 4.69) is 60.7 Å². The minimum absolute atomic E-state index is 0.350. The van der Waals surface area contributed by atoms with E-state index in [9.17, 15) is 5.11 Å². The normalized spacial score (nSPS) is 10.8. The number of fused-ring (bicyclic) bond motifs is 1. The fraction of sp³-hybridized carbons (Fsp3) is 0.0435. The van der Waals surface area contributed by atoms with E-state index in [1.807, 2.05) is 24.3 Å². The van der Waals surface area contributed by atoms with Gasteiger partial charge in [-0.05, 0) is 51.2 Å². The summed E-state index contributed by atoms with van der Waals surface area (Å²) in [6, 6.07) is 31.0. The second-order valence-corrected chi connectivity index (χ2v) is 6.07. The van der Waals surface area contributed by atoms with Gasteiger partial charge >= 0.3 is 0 Å². The molecule has 0 aromatic heterocycles. The van der Waals surface area contributed by atoms with Crippen LogP contribution in [0.15, 0.2) is 91.0 Å². The highest BCUT2D eigenvalue weighted by Crippen LogP contribution is 2.29. The highest BCUT2D eigenvalue weighted by Gasteiger charge is 2.06. The van der Waals surface area contributed by atoms with Gasteiger partial charge in [0.25, 0.3) is 0 Å². The molecule has 4 rings (SSSR count). The maximum absolute atomic E-state index is 10.2. The largest absolute Gasteiger partial charge is 0.508 e. The molecule has 0 saturated heterocycles. The molecule has 0 amide bonds. The second kappa shape index (κ2) is 6.21. The Morgan fingerprint density at radius 2 is 1.25 bits per heavy atom. The lowest BCUT2D eigenvalue weighted by molar-refractivity contribution is 0.469. The van der Waals surface area contributed by atoms with E-state index in [0.717, 1.165) is 17.5 Å². The lowest BCUT2D eigenvalue weighted by Gasteiger charge is -2.09. The monoisotopic (exact) mass is 310 g/mol. The van der Waals surface area contributed by atoms with Crippen molar-refractivity contribution in [2.45, 2.75) is 6.42 Å². The molecule has 0 fully saturated rings. The summed E-state index contributed by atoms with van der Waals surface area (Å²) in [5, 5.41) is 12.7. The van der Waals surface area contributed by atoms with Crippen LogP contribution in [0.4, 0.5) is 0 Å². The van der Waals surface area contributed by atoms with E-state index < -0.39 is 0 Å². The maximum atomic E-state index is 10.2. The van der Waals surface area contributed by atoms with Gasteiger partial charge in [-0.15, -0.1) is 0 Å². The van der Waals surface area contributed by atoms with Gasteiger partial charge in [-0.3, -0.25) is 0 Å². The zero-order valence-electron chi connectivity index (χ0n) is 13.3. The fourth-order valence-electron chi connectivity index (χ4n) is 3.09. The Labute approximate surface area is 141 Å². The molecule has 4 aromatic rings. The molecule has 0 aliphatic rings. The van der Waals surface area contributed by atoms with Crippen LogP contribution in [0.5, 0.6) is 5.75 Å². The predicted molar refractivity (Wildman–Crippen MR) is 100 cm³/mol. The summed E-state index contributed by atoms with van der Waals surface area (Å²) in [4.78, 5) is 0. The molecule has 1 nitrogen and oxygen atoms in total. The van der Waals surface area contributed by atoms with Crippen LogP contribution >= 0.6 is 0 Å². The quantitative estimate of drug-likeness (QED) is 0.507. The average molecular weight is 310 g/mol. The molecule has 0 aliphatic carbocycles. The van der Waals surface area contributed by atoms with E-state index in [4.69, 9.17) is 0 Å². The van der Waals surface area contributed by atoms with Gasteiger partial charge in [-0.2, -0.15) is 0 Å². The lowest BCUT2D eigenvalue weighted by Crippen LogP contribution is -1.90. The van der Waals surface area contributed by atoms with E-state index in [1.165, 1.54) is 21.9 Å². The van der Waals surface area contributed by atoms with Gasteiger partial charge in [0.2, 0.25) is 0 Å². The number of phenolic OH excluding ortho intramolecular Hbond substituents is 1. The molecule has 0 spiro atoms. The molecule has 0 aliphatic heterocycles. The molecule has 0 unspecified atom stereocenters. The lowest BCUT2D eigenvalue weighted by atomic mass is 9.97. The predicted octanol–water partition coefficient (Wildman–Crippen LogP) is 5.80. The molecule has 4 aromatic carbocycles. The summed E-state index contributed by atoms with van der Waals surface area (Å²) in [7, 11) is 0. The van der Waals surface area contributed by atoms with Crippen LogP contribution in [0.1, 0.15) is 11.1 Å². The number of hydrogen-bond acceptors (Lipinski definition) is 1. The molecular weight excluding hydrogens is 292 g/mol. The number of phenols is 1. The van der Waals surface area contributed by atoms with Crippen molar-refractivity contribution in [1.29, 1.82) is 0 Å². The van der Waals surface area contributed by atoms with Crippen LogP contribution in [0.3, 0.4) is 0 Å². The van der Waals surface area contributed by atoms with Gasteiger partial charge in [0.1, 0.15) is 5.75 Å². The minimum Gasteiger partial charge on any atom is -0.508 e. The molecule has 1 N–H and O–H groups in total. The van der Waals surface area contributed by atoms with E-state index >= 15 is 0 Å². The van der Waals surface area contributed by atoms with Gasteiger partial charge in [0.15, 0.2) is 0 Å². The Bertz CT molecular complexity index is 987. The molecule has 24 heavy (non-hydrogen) atoms. The number of benzene rings is 4.